The number of carbonyl (C=O) groups is 3. The van der Waals surface area contributed by atoms with Crippen molar-refractivity contribution in [2.75, 3.05) is 11.1 Å². The van der Waals surface area contributed by atoms with Gasteiger partial charge in [-0.1, -0.05) is 24.3 Å². The highest BCUT2D eigenvalue weighted by Crippen LogP contribution is 2.23. The van der Waals surface area contributed by atoms with E-state index in [1.54, 1.807) is 36.4 Å². The van der Waals surface area contributed by atoms with Crippen LogP contribution in [0.3, 0.4) is 0 Å². The lowest BCUT2D eigenvalue weighted by Gasteiger charge is -2.17. The second-order valence-electron chi connectivity index (χ2n) is 11.6. The van der Waals surface area contributed by atoms with Crippen LogP contribution in [0.2, 0.25) is 0 Å². The van der Waals surface area contributed by atoms with Gasteiger partial charge >= 0.3 is 11.9 Å². The van der Waals surface area contributed by atoms with Gasteiger partial charge in [0.15, 0.2) is 23.9 Å². The van der Waals surface area contributed by atoms with Crippen molar-refractivity contribution in [3.63, 3.8) is 0 Å². The maximum atomic E-state index is 13.5. The van der Waals surface area contributed by atoms with Crippen LogP contribution in [-0.2, 0) is 29.2 Å². The second-order valence-corrected chi connectivity index (χ2v) is 11.6. The fourth-order valence-electron chi connectivity index (χ4n) is 4.56. The first-order valence-corrected chi connectivity index (χ1v) is 15.3. The smallest absolute Gasteiger partial charge is 0.441 e. The first-order chi connectivity index (χ1) is 23.2. The van der Waals surface area contributed by atoms with Crippen LogP contribution in [0.15, 0.2) is 67.1 Å². The van der Waals surface area contributed by atoms with Gasteiger partial charge in [0.1, 0.15) is 12.4 Å². The van der Waals surface area contributed by atoms with Crippen molar-refractivity contribution >= 4 is 35.2 Å². The first-order valence-electron chi connectivity index (χ1n) is 15.3. The Morgan fingerprint density at radius 2 is 1.71 bits per heavy atom. The van der Waals surface area contributed by atoms with Crippen molar-refractivity contribution in [2.24, 2.45) is 0 Å². The van der Waals surface area contributed by atoms with E-state index in [2.05, 4.69) is 26.3 Å². The molecule has 3 amide bonds. The monoisotopic (exact) mass is 674 g/mol. The number of nitrogens with zero attached hydrogens (tertiary/aromatic N) is 2. The molecule has 0 bridgehead atoms. The molecule has 0 spiro atoms. The summed E-state index contributed by atoms with van der Waals surface area (Å²) in [6.07, 6.45) is 0.515. The number of amides is 3. The van der Waals surface area contributed by atoms with E-state index >= 15 is 0 Å². The van der Waals surface area contributed by atoms with Crippen LogP contribution in [0, 0.1) is 12.3 Å². The summed E-state index contributed by atoms with van der Waals surface area (Å²) in [5.41, 5.74) is 7.94. The number of carbonyl (C=O) groups excluding carboxylic acids is 3. The highest BCUT2D eigenvalue weighted by molar-refractivity contribution is 6.04. The Morgan fingerprint density at radius 3 is 2.35 bits per heavy atom. The standard InChI is InChI=1S/C33H38N8O8/c1-17(2)38-29-31(44)41(25(14-37-29)22-10-23(12-24(34)11-22)30(43)39-18(3)4)15-27(42)36-13-20-6-8-21(9-7-20)28(35)40-32(45)47-16-26-19(5)48-33(46)49-26/h6-12,14,17-18H,13,15-16,34H2,1-5H3,(H,36,42)(H,37,38)(H,39,43)(H2,35,40,45). The van der Waals surface area contributed by atoms with Crippen LogP contribution in [0.1, 0.15) is 60.7 Å². The van der Waals surface area contributed by atoms with E-state index in [-0.39, 0.29) is 60.9 Å². The highest BCUT2D eigenvalue weighted by Gasteiger charge is 2.18. The number of aromatic nitrogens is 2. The fraction of sp³-hybridized carbons (Fsp3) is 0.303. The minimum atomic E-state index is -0.935. The average molecular weight is 675 g/mol. The molecule has 4 aromatic rings. The molecule has 0 aliphatic heterocycles. The number of rotatable bonds is 12. The molecule has 7 N–H and O–H groups in total. The molecule has 0 fully saturated rings. The highest BCUT2D eigenvalue weighted by atomic mass is 16.6. The van der Waals surface area contributed by atoms with Gasteiger partial charge in [0.2, 0.25) is 5.91 Å². The molecule has 0 aliphatic carbocycles. The zero-order chi connectivity index (χ0) is 35.8. The van der Waals surface area contributed by atoms with Gasteiger partial charge in [-0.15, -0.1) is 0 Å². The van der Waals surface area contributed by atoms with E-state index in [1.165, 1.54) is 23.8 Å². The summed E-state index contributed by atoms with van der Waals surface area (Å²) >= 11 is 0. The number of hydrogen-bond acceptors (Lipinski definition) is 12. The molecule has 0 saturated heterocycles. The van der Waals surface area contributed by atoms with Gasteiger partial charge in [-0.25, -0.2) is 14.6 Å². The number of nitrogen functional groups attached to an aromatic ring is 1. The van der Waals surface area contributed by atoms with Crippen molar-refractivity contribution in [2.45, 2.75) is 66.4 Å². The number of anilines is 2. The average Bonchev–Trinajstić information content (AvgIpc) is 3.36. The molecule has 2 aromatic carbocycles. The lowest BCUT2D eigenvalue weighted by atomic mass is 10.1. The molecule has 0 atom stereocenters. The van der Waals surface area contributed by atoms with Crippen molar-refractivity contribution in [1.82, 2.24) is 25.5 Å². The third-order valence-corrected chi connectivity index (χ3v) is 6.84. The topological polar surface area (TPSA) is 237 Å². The number of benzene rings is 2. The van der Waals surface area contributed by atoms with Crippen molar-refractivity contribution in [3.8, 4) is 11.3 Å². The molecule has 2 aromatic heterocycles. The van der Waals surface area contributed by atoms with Crippen LogP contribution >= 0.6 is 0 Å². The Balaban J connectivity index is 1.44. The summed E-state index contributed by atoms with van der Waals surface area (Å²) in [6, 6.07) is 11.0. The van der Waals surface area contributed by atoms with Crippen molar-refractivity contribution < 1.29 is 28.0 Å². The van der Waals surface area contributed by atoms with Gasteiger partial charge in [-0.05, 0) is 58.4 Å². The molecular weight excluding hydrogens is 636 g/mol. The van der Waals surface area contributed by atoms with E-state index < -0.39 is 23.4 Å². The first kappa shape index (κ1) is 35.7. The molecule has 4 rings (SSSR count). The Morgan fingerprint density at radius 1 is 1.00 bits per heavy atom. The van der Waals surface area contributed by atoms with Crippen LogP contribution in [0.25, 0.3) is 11.3 Å². The summed E-state index contributed by atoms with van der Waals surface area (Å²) in [5, 5.41) is 19.0. The zero-order valence-electron chi connectivity index (χ0n) is 27.6. The third-order valence-electron chi connectivity index (χ3n) is 6.84. The van der Waals surface area contributed by atoms with Crippen molar-refractivity contribution in [1.29, 1.82) is 5.41 Å². The van der Waals surface area contributed by atoms with E-state index in [0.29, 0.717) is 33.6 Å². The van der Waals surface area contributed by atoms with Gasteiger partial charge in [0, 0.05) is 41.0 Å². The number of nitrogens with two attached hydrogens (primary N) is 1. The number of aryl methyl sites for hydroxylation is 1. The summed E-state index contributed by atoms with van der Waals surface area (Å²) in [7, 11) is 0. The van der Waals surface area contributed by atoms with Gasteiger partial charge in [0.05, 0.1) is 11.9 Å². The molecule has 0 unspecified atom stereocenters. The van der Waals surface area contributed by atoms with Crippen LogP contribution in [-0.4, -0.2) is 45.4 Å². The third kappa shape index (κ3) is 9.66. The molecule has 2 heterocycles. The lowest BCUT2D eigenvalue weighted by molar-refractivity contribution is -0.121. The summed E-state index contributed by atoms with van der Waals surface area (Å²) in [5.74, 6) is -1.67. The molecule has 16 nitrogen and oxygen atoms in total. The summed E-state index contributed by atoms with van der Waals surface area (Å²) in [6.45, 7) is 8.23. The van der Waals surface area contributed by atoms with Gasteiger partial charge in [-0.2, -0.15) is 0 Å². The van der Waals surface area contributed by atoms with E-state index in [9.17, 15) is 24.0 Å². The van der Waals surface area contributed by atoms with Crippen LogP contribution in [0.5, 0.6) is 0 Å². The summed E-state index contributed by atoms with van der Waals surface area (Å²) in [4.78, 5) is 66.9. The normalized spacial score (nSPS) is 10.9. The Kier molecular flexibility index (Phi) is 11.4. The molecule has 49 heavy (non-hydrogen) atoms. The molecule has 0 saturated carbocycles. The Hall–Kier alpha value is -6.19. The van der Waals surface area contributed by atoms with Crippen LogP contribution in [0.4, 0.5) is 16.3 Å². The Labute approximate surface area is 280 Å². The molecule has 0 radical (unpaired) electrons. The number of amidine groups is 1. The minimum absolute atomic E-state index is 0.0563. The number of hydrogen-bond donors (Lipinski definition) is 6. The fourth-order valence-corrected chi connectivity index (χ4v) is 4.56. The van der Waals surface area contributed by atoms with Crippen LogP contribution < -0.4 is 38.4 Å². The SMILES string of the molecule is Cc1oc(=O)oc1COC(=O)NC(=N)c1ccc(CNC(=O)Cn2c(-c3cc(N)cc(C(=O)NC(C)C)c3)cnc(NC(C)C)c2=O)cc1. The summed E-state index contributed by atoms with van der Waals surface area (Å²) < 4.78 is 15.7. The van der Waals surface area contributed by atoms with Gasteiger partial charge < -0.3 is 35.3 Å². The Bertz CT molecular complexity index is 1980. The predicted molar refractivity (Wildman–Crippen MR) is 180 cm³/mol. The predicted octanol–water partition coefficient (Wildman–Crippen LogP) is 2.87. The number of ether oxygens (including phenoxy) is 1. The van der Waals surface area contributed by atoms with Gasteiger partial charge in [-0.3, -0.25) is 29.7 Å². The largest absolute Gasteiger partial charge is 0.519 e. The van der Waals surface area contributed by atoms with E-state index in [0.717, 1.165) is 0 Å². The number of alkyl carbamates (subject to hydrolysis) is 1. The maximum absolute atomic E-state index is 13.5. The quantitative estimate of drug-likeness (QED) is 0.0726. The van der Waals surface area contributed by atoms with E-state index in [4.69, 9.17) is 24.7 Å². The second kappa shape index (κ2) is 15.6. The zero-order valence-corrected chi connectivity index (χ0v) is 27.6. The molecular formula is C33H38N8O8. The molecule has 258 valence electrons. The minimum Gasteiger partial charge on any atom is -0.441 e. The van der Waals surface area contributed by atoms with Gasteiger partial charge in [0.25, 0.3) is 11.5 Å². The van der Waals surface area contributed by atoms with Crippen molar-refractivity contribution in [3.05, 3.63) is 97.8 Å². The molecule has 0 aliphatic rings. The lowest BCUT2D eigenvalue weighted by Crippen LogP contribution is -2.35. The van der Waals surface area contributed by atoms with E-state index in [1.807, 2.05) is 27.7 Å². The molecule has 16 heteroatoms. The maximum Gasteiger partial charge on any atom is 0.519 e. The number of nitrogens with one attached hydrogen (secondary N) is 5.